The van der Waals surface area contributed by atoms with Gasteiger partial charge in [-0.05, 0) is 51.0 Å². The van der Waals surface area contributed by atoms with E-state index in [9.17, 15) is 4.79 Å². The number of aryl methyl sites for hydroxylation is 3. The molecule has 1 heterocycles. The lowest BCUT2D eigenvalue weighted by Crippen LogP contribution is -2.32. The van der Waals surface area contributed by atoms with Crippen LogP contribution in [0.1, 0.15) is 23.7 Å². The van der Waals surface area contributed by atoms with Gasteiger partial charge in [0.2, 0.25) is 5.95 Å². The number of rotatable bonds is 7. The number of urea groups is 1. The van der Waals surface area contributed by atoms with Crippen LogP contribution in [0.2, 0.25) is 0 Å². The Morgan fingerprint density at radius 1 is 0.960 bits per heavy atom. The van der Waals surface area contributed by atoms with Gasteiger partial charge in [0.1, 0.15) is 5.82 Å². The molecule has 0 saturated carbocycles. The van der Waals surface area contributed by atoms with Crippen LogP contribution >= 0.6 is 0 Å². The minimum Gasteiger partial charge on any atom is -0.368 e. The molecule has 1 aromatic heterocycles. The van der Waals surface area contributed by atoms with Gasteiger partial charge in [-0.2, -0.15) is 4.98 Å². The largest absolute Gasteiger partial charge is 0.368 e. The molecule has 0 saturated heterocycles. The number of carbonyl (C=O) groups excluding carboxylic acids is 1. The van der Waals surface area contributed by atoms with Crippen LogP contribution in [-0.4, -0.2) is 35.6 Å². The number of hydrogen-bond acceptors (Lipinski definition) is 5. The van der Waals surface area contributed by atoms with Crippen LogP contribution in [0.5, 0.6) is 0 Å². The van der Waals surface area contributed by atoms with E-state index in [4.69, 9.17) is 0 Å². The van der Waals surface area contributed by atoms with Crippen molar-refractivity contribution in [1.82, 2.24) is 15.3 Å². The van der Waals surface area contributed by atoms with Crippen molar-refractivity contribution in [2.75, 3.05) is 35.6 Å². The molecule has 2 amide bonds. The van der Waals surface area contributed by atoms with Gasteiger partial charge in [0.05, 0.1) is 0 Å². The maximum absolute atomic E-state index is 12.0. The molecule has 0 atom stereocenters. The Kier molecular flexibility index (Phi) is 6.56. The first-order valence-electron chi connectivity index (χ1n) is 8.43. The number of nitrogens with one attached hydrogen (secondary N) is 4. The summed E-state index contributed by atoms with van der Waals surface area (Å²) in [6, 6.07) is 7.60. The molecule has 0 aliphatic carbocycles. The highest BCUT2D eigenvalue weighted by atomic mass is 16.2. The molecule has 134 valence electrons. The van der Waals surface area contributed by atoms with Crippen molar-refractivity contribution in [1.29, 1.82) is 0 Å². The average Bonchev–Trinajstić information content (AvgIpc) is 2.50. The third kappa shape index (κ3) is 6.29. The maximum atomic E-state index is 12.0. The Morgan fingerprint density at radius 3 is 2.36 bits per heavy atom. The summed E-state index contributed by atoms with van der Waals surface area (Å²) in [7, 11) is 0. The lowest BCUT2D eigenvalue weighted by Gasteiger charge is -2.11. The zero-order valence-corrected chi connectivity index (χ0v) is 15.2. The van der Waals surface area contributed by atoms with Crippen molar-refractivity contribution >= 4 is 23.5 Å². The molecule has 0 radical (unpaired) electrons. The lowest BCUT2D eigenvalue weighted by molar-refractivity contribution is 0.252. The molecule has 0 aliphatic rings. The van der Waals surface area contributed by atoms with Gasteiger partial charge in [-0.3, -0.25) is 0 Å². The summed E-state index contributed by atoms with van der Waals surface area (Å²) in [6.45, 7) is 9.75. The van der Waals surface area contributed by atoms with E-state index in [1.165, 1.54) is 0 Å². The highest BCUT2D eigenvalue weighted by molar-refractivity contribution is 5.89. The fourth-order valence-corrected chi connectivity index (χ4v) is 2.49. The molecule has 0 aliphatic heterocycles. The van der Waals surface area contributed by atoms with Crippen LogP contribution in [0, 0.1) is 20.8 Å². The van der Waals surface area contributed by atoms with Crippen molar-refractivity contribution in [2.24, 2.45) is 0 Å². The molecule has 25 heavy (non-hydrogen) atoms. The van der Waals surface area contributed by atoms with E-state index in [-0.39, 0.29) is 6.03 Å². The van der Waals surface area contributed by atoms with Gasteiger partial charge in [0.25, 0.3) is 0 Å². The molecule has 7 nitrogen and oxygen atoms in total. The fraction of sp³-hybridized carbons (Fsp3) is 0.389. The average molecular weight is 342 g/mol. The fourth-order valence-electron chi connectivity index (χ4n) is 2.49. The van der Waals surface area contributed by atoms with Gasteiger partial charge in [-0.25, -0.2) is 9.78 Å². The third-order valence-electron chi connectivity index (χ3n) is 3.39. The van der Waals surface area contributed by atoms with E-state index in [0.29, 0.717) is 19.0 Å². The monoisotopic (exact) mass is 342 g/mol. The van der Waals surface area contributed by atoms with E-state index >= 15 is 0 Å². The van der Waals surface area contributed by atoms with Crippen molar-refractivity contribution in [3.05, 3.63) is 41.1 Å². The summed E-state index contributed by atoms with van der Waals surface area (Å²) in [4.78, 5) is 20.6. The standard InChI is InChI=1S/C18H26N6O/c1-5-19-17-22-14(4)11-16(24-17)20-6-7-21-18(25)23-15-9-12(2)8-13(3)10-15/h8-11H,5-7H2,1-4H3,(H2,21,23,25)(H2,19,20,22,24). The summed E-state index contributed by atoms with van der Waals surface area (Å²) in [5, 5.41) is 11.9. The number of amides is 2. The van der Waals surface area contributed by atoms with E-state index in [2.05, 4.69) is 37.3 Å². The molecular formula is C18H26N6O. The SMILES string of the molecule is CCNc1nc(C)cc(NCCNC(=O)Nc2cc(C)cc(C)c2)n1. The summed E-state index contributed by atoms with van der Waals surface area (Å²) >= 11 is 0. The second-order valence-electron chi connectivity index (χ2n) is 5.93. The Balaban J connectivity index is 1.78. The highest BCUT2D eigenvalue weighted by Crippen LogP contribution is 2.13. The van der Waals surface area contributed by atoms with Crippen LogP contribution in [0.15, 0.2) is 24.3 Å². The number of nitrogens with zero attached hydrogens (tertiary/aromatic N) is 2. The molecule has 2 aromatic rings. The van der Waals surface area contributed by atoms with E-state index in [1.807, 2.05) is 45.9 Å². The predicted molar refractivity (Wildman–Crippen MR) is 102 cm³/mol. The van der Waals surface area contributed by atoms with Gasteiger partial charge in [0.15, 0.2) is 0 Å². The van der Waals surface area contributed by atoms with Gasteiger partial charge in [-0.15, -0.1) is 0 Å². The third-order valence-corrected chi connectivity index (χ3v) is 3.39. The zero-order chi connectivity index (χ0) is 18.2. The van der Waals surface area contributed by atoms with E-state index in [0.717, 1.165) is 34.9 Å². The van der Waals surface area contributed by atoms with E-state index in [1.54, 1.807) is 0 Å². The smallest absolute Gasteiger partial charge is 0.319 e. The molecule has 0 spiro atoms. The van der Waals surface area contributed by atoms with Crippen LogP contribution in [-0.2, 0) is 0 Å². The number of aromatic nitrogens is 2. The quantitative estimate of drug-likeness (QED) is 0.581. The van der Waals surface area contributed by atoms with Gasteiger partial charge in [0, 0.05) is 37.1 Å². The van der Waals surface area contributed by atoms with Gasteiger partial charge >= 0.3 is 6.03 Å². The highest BCUT2D eigenvalue weighted by Gasteiger charge is 2.04. The normalized spacial score (nSPS) is 10.2. The topological polar surface area (TPSA) is 91.0 Å². The van der Waals surface area contributed by atoms with Crippen molar-refractivity contribution < 1.29 is 4.79 Å². The van der Waals surface area contributed by atoms with Crippen molar-refractivity contribution in [2.45, 2.75) is 27.7 Å². The summed E-state index contributed by atoms with van der Waals surface area (Å²) in [5.41, 5.74) is 3.92. The minimum absolute atomic E-state index is 0.223. The van der Waals surface area contributed by atoms with E-state index < -0.39 is 0 Å². The molecule has 7 heteroatoms. The number of benzene rings is 1. The van der Waals surface area contributed by atoms with Gasteiger partial charge in [-0.1, -0.05) is 6.07 Å². The predicted octanol–water partition coefficient (Wildman–Crippen LogP) is 3.07. The van der Waals surface area contributed by atoms with Crippen LogP contribution in [0.3, 0.4) is 0 Å². The summed E-state index contributed by atoms with van der Waals surface area (Å²) in [5.74, 6) is 1.34. The Bertz CT molecular complexity index is 711. The Morgan fingerprint density at radius 2 is 1.68 bits per heavy atom. The van der Waals surface area contributed by atoms with Crippen molar-refractivity contribution in [3.8, 4) is 0 Å². The Labute approximate surface area is 148 Å². The molecule has 0 fully saturated rings. The molecule has 4 N–H and O–H groups in total. The van der Waals surface area contributed by atoms with Crippen molar-refractivity contribution in [3.63, 3.8) is 0 Å². The number of carbonyl (C=O) groups is 1. The molecule has 2 rings (SSSR count). The first-order chi connectivity index (χ1) is 12.0. The van der Waals surface area contributed by atoms with Gasteiger partial charge < -0.3 is 21.3 Å². The first kappa shape index (κ1) is 18.5. The molecular weight excluding hydrogens is 316 g/mol. The molecule has 0 unspecified atom stereocenters. The summed E-state index contributed by atoms with van der Waals surface area (Å²) in [6.07, 6.45) is 0. The number of hydrogen-bond donors (Lipinski definition) is 4. The molecule has 1 aromatic carbocycles. The van der Waals surface area contributed by atoms with Crippen LogP contribution in [0.4, 0.5) is 22.2 Å². The lowest BCUT2D eigenvalue weighted by atomic mass is 10.1. The Hall–Kier alpha value is -2.83. The summed E-state index contributed by atoms with van der Waals surface area (Å²) < 4.78 is 0. The number of anilines is 3. The second-order valence-corrected chi connectivity index (χ2v) is 5.93. The second kappa shape index (κ2) is 8.86. The maximum Gasteiger partial charge on any atom is 0.319 e. The first-order valence-corrected chi connectivity index (χ1v) is 8.43. The van der Waals surface area contributed by atoms with Crippen LogP contribution in [0.25, 0.3) is 0 Å². The molecule has 0 bridgehead atoms. The zero-order valence-electron chi connectivity index (χ0n) is 15.2. The minimum atomic E-state index is -0.223. The van der Waals surface area contributed by atoms with Crippen LogP contribution < -0.4 is 21.3 Å².